The van der Waals surface area contributed by atoms with Gasteiger partial charge in [0.15, 0.2) is 0 Å². The summed E-state index contributed by atoms with van der Waals surface area (Å²) in [5.74, 6) is 0. The van der Waals surface area contributed by atoms with Crippen LogP contribution in [0.25, 0.3) is 0 Å². The zero-order valence-electron chi connectivity index (χ0n) is 2.19. The van der Waals surface area contributed by atoms with Crippen molar-refractivity contribution in [3.8, 4) is 0 Å². The van der Waals surface area contributed by atoms with E-state index in [1.807, 2.05) is 0 Å². The molecular formula is H4AlClNTi. The SMILES string of the molecule is Cl.N.[Al].[Ti]. The second-order valence-electron chi connectivity index (χ2n) is 0. The van der Waals surface area contributed by atoms with Crippen LogP contribution in [0, 0.1) is 0 Å². The average Bonchev–Trinajstić information content (AvgIpc) is 0. The summed E-state index contributed by atoms with van der Waals surface area (Å²) < 4.78 is 0. The molecule has 0 aromatic rings. The molecule has 0 aliphatic rings. The largest absolute Gasteiger partial charge is 0.344 e. The van der Waals surface area contributed by atoms with E-state index < -0.39 is 0 Å². The van der Waals surface area contributed by atoms with E-state index in [-0.39, 0.29) is 57.6 Å². The Kier molecular flexibility index (Phi) is 304. The molecule has 0 rings (SSSR count). The Hall–Kier alpha value is 1.50. The second kappa shape index (κ2) is 24.5. The van der Waals surface area contributed by atoms with Crippen LogP contribution < -0.4 is 6.15 Å². The van der Waals surface area contributed by atoms with Gasteiger partial charge in [-0.3, -0.25) is 0 Å². The Labute approximate surface area is 57.5 Å². The molecule has 0 spiro atoms. The van der Waals surface area contributed by atoms with Crippen LogP contribution in [0.15, 0.2) is 0 Å². The molecule has 0 aromatic carbocycles. The maximum Gasteiger partial charge on any atom is 0 e. The monoisotopic (exact) mass is 128 g/mol. The Morgan fingerprint density at radius 2 is 1.00 bits per heavy atom. The van der Waals surface area contributed by atoms with Gasteiger partial charge in [0.05, 0.1) is 0 Å². The van der Waals surface area contributed by atoms with Gasteiger partial charge in [-0.1, -0.05) is 0 Å². The van der Waals surface area contributed by atoms with Gasteiger partial charge in [0.25, 0.3) is 0 Å². The van der Waals surface area contributed by atoms with Gasteiger partial charge in [-0.2, -0.15) is 0 Å². The van der Waals surface area contributed by atoms with Gasteiger partial charge in [-0.05, 0) is 0 Å². The summed E-state index contributed by atoms with van der Waals surface area (Å²) in [7, 11) is 0. The smallest absolute Gasteiger partial charge is 0 e. The van der Waals surface area contributed by atoms with Crippen LogP contribution in [-0.4, -0.2) is 17.4 Å². The average molecular weight is 128 g/mol. The van der Waals surface area contributed by atoms with E-state index in [9.17, 15) is 0 Å². The van der Waals surface area contributed by atoms with E-state index in [1.54, 1.807) is 0 Å². The first-order valence-corrected chi connectivity index (χ1v) is 0. The fourth-order valence-corrected chi connectivity index (χ4v) is 0. The molecule has 0 saturated heterocycles. The molecule has 0 atom stereocenters. The van der Waals surface area contributed by atoms with Crippen molar-refractivity contribution >= 4 is 29.8 Å². The molecule has 0 aromatic heterocycles. The molecule has 0 saturated carbocycles. The molecule has 0 heterocycles. The first-order valence-electron chi connectivity index (χ1n) is 0. The van der Waals surface area contributed by atoms with Crippen molar-refractivity contribution in [2.75, 3.05) is 0 Å². The molecule has 3 radical (unpaired) electrons. The number of rotatable bonds is 0. The minimum Gasteiger partial charge on any atom is -0.344 e. The minimum atomic E-state index is 0. The molecule has 1 nitrogen and oxygen atoms in total. The van der Waals surface area contributed by atoms with E-state index in [0.29, 0.717) is 0 Å². The van der Waals surface area contributed by atoms with Gasteiger partial charge >= 0.3 is 0 Å². The van der Waals surface area contributed by atoms with Crippen molar-refractivity contribution in [2.45, 2.75) is 0 Å². The summed E-state index contributed by atoms with van der Waals surface area (Å²) in [6, 6.07) is 0. The van der Waals surface area contributed by atoms with E-state index in [1.165, 1.54) is 0 Å². The van der Waals surface area contributed by atoms with Crippen LogP contribution in [0.2, 0.25) is 0 Å². The summed E-state index contributed by atoms with van der Waals surface area (Å²) in [6.45, 7) is 0. The molecule has 23 valence electrons. The van der Waals surface area contributed by atoms with Crippen LogP contribution >= 0.6 is 12.4 Å². The Bertz CT molecular complexity index is 8.00. The molecule has 4 heteroatoms. The van der Waals surface area contributed by atoms with Crippen LogP contribution in [-0.2, 0) is 21.7 Å². The number of halogens is 1. The molecule has 4 heavy (non-hydrogen) atoms. The standard InChI is InChI=1S/Al.ClH.H3N.Ti/h;1H;1H3;. The van der Waals surface area contributed by atoms with Gasteiger partial charge in [0, 0.05) is 39.1 Å². The van der Waals surface area contributed by atoms with Crippen LogP contribution in [0.1, 0.15) is 0 Å². The summed E-state index contributed by atoms with van der Waals surface area (Å²) >= 11 is 0. The molecule has 0 aliphatic carbocycles. The number of hydrogen-bond acceptors (Lipinski definition) is 1. The summed E-state index contributed by atoms with van der Waals surface area (Å²) in [6.07, 6.45) is 0. The van der Waals surface area contributed by atoms with Crippen molar-refractivity contribution in [1.82, 2.24) is 6.15 Å². The molecule has 0 aliphatic heterocycles. The maximum absolute atomic E-state index is 0. The molecule has 3 N–H and O–H groups in total. The van der Waals surface area contributed by atoms with Crippen LogP contribution in [0.5, 0.6) is 0 Å². The molecule has 0 amide bonds. The third-order valence-electron chi connectivity index (χ3n) is 0. The first-order chi connectivity index (χ1) is 0. The van der Waals surface area contributed by atoms with Crippen molar-refractivity contribution in [1.29, 1.82) is 0 Å². The maximum atomic E-state index is 0. The van der Waals surface area contributed by atoms with Crippen molar-refractivity contribution in [2.24, 2.45) is 0 Å². The molecular weight excluding hydrogens is 124 g/mol. The fourth-order valence-electron chi connectivity index (χ4n) is 0. The summed E-state index contributed by atoms with van der Waals surface area (Å²) in [5, 5.41) is 0. The third-order valence-corrected chi connectivity index (χ3v) is 0. The van der Waals surface area contributed by atoms with E-state index in [0.717, 1.165) is 0 Å². The van der Waals surface area contributed by atoms with Crippen LogP contribution in [0.4, 0.5) is 0 Å². The van der Waals surface area contributed by atoms with Crippen molar-refractivity contribution < 1.29 is 21.7 Å². The molecule has 0 bridgehead atoms. The van der Waals surface area contributed by atoms with Crippen molar-refractivity contribution in [3.05, 3.63) is 0 Å². The molecule has 0 unspecified atom stereocenters. The number of hydrogen-bond donors (Lipinski definition) is 1. The van der Waals surface area contributed by atoms with Crippen molar-refractivity contribution in [3.63, 3.8) is 0 Å². The minimum absolute atomic E-state index is 0. The van der Waals surface area contributed by atoms with E-state index in [4.69, 9.17) is 0 Å². The van der Waals surface area contributed by atoms with E-state index in [2.05, 4.69) is 0 Å². The summed E-state index contributed by atoms with van der Waals surface area (Å²) in [4.78, 5) is 0. The third kappa shape index (κ3) is 9.73. The van der Waals surface area contributed by atoms with E-state index >= 15 is 0 Å². The Morgan fingerprint density at radius 3 is 1.00 bits per heavy atom. The zero-order valence-corrected chi connectivity index (χ0v) is 5.73. The van der Waals surface area contributed by atoms with Gasteiger partial charge < -0.3 is 6.15 Å². The van der Waals surface area contributed by atoms with Gasteiger partial charge in [-0.25, -0.2) is 0 Å². The predicted molar refractivity (Wildman–Crippen MR) is 18.0 cm³/mol. The second-order valence-corrected chi connectivity index (χ2v) is 0. The van der Waals surface area contributed by atoms with Gasteiger partial charge in [-0.15, -0.1) is 12.4 Å². The molecule has 0 fully saturated rings. The van der Waals surface area contributed by atoms with Gasteiger partial charge in [0.2, 0.25) is 0 Å². The quantitative estimate of drug-likeness (QED) is 0.465. The van der Waals surface area contributed by atoms with Crippen LogP contribution in [0.3, 0.4) is 0 Å². The first kappa shape index (κ1) is 49.6. The normalized spacial score (nSPS) is 0. The Balaban J connectivity index is 0. The predicted octanol–water partition coefficient (Wildman–Crippen LogP) is 0.200. The topological polar surface area (TPSA) is 35.0 Å². The van der Waals surface area contributed by atoms with Gasteiger partial charge in [0.1, 0.15) is 0 Å². The Morgan fingerprint density at radius 1 is 1.00 bits per heavy atom. The summed E-state index contributed by atoms with van der Waals surface area (Å²) in [5.41, 5.74) is 0. The fraction of sp³-hybridized carbons (Fsp3) is 0. The zero-order chi connectivity index (χ0) is 0.